The summed E-state index contributed by atoms with van der Waals surface area (Å²) in [4.78, 5) is 7.48. The highest BCUT2D eigenvalue weighted by atomic mass is 32.1. The van der Waals surface area contributed by atoms with E-state index in [0.717, 1.165) is 76.8 Å². The summed E-state index contributed by atoms with van der Waals surface area (Å²) in [6.45, 7) is 7.10. The smallest absolute Gasteiger partial charge is 0.150 e. The first-order valence-corrected chi connectivity index (χ1v) is 12.6. The first-order valence-electron chi connectivity index (χ1n) is 11.8. The van der Waals surface area contributed by atoms with Gasteiger partial charge in [0.2, 0.25) is 0 Å². The third kappa shape index (κ3) is 3.68. The minimum Gasteiger partial charge on any atom is -0.377 e. The van der Waals surface area contributed by atoms with E-state index in [1.54, 1.807) is 10.9 Å². The molecule has 2 saturated heterocycles. The maximum atomic E-state index is 6.07. The standard InChI is InChI=1S/C23H28N8O2S/c1-14-10-17(31(26-14)20-6-4-5-8-33-20)21-22-23(34-27-21)16(18-12-24-28-29(18)3)11-19(25-22)30-7-9-32-13-15(30)2/h10-12,15,20H,4-9,13H2,1-3H3/t15-,20?/m1/s1. The molecule has 0 saturated carbocycles. The third-order valence-corrected chi connectivity index (χ3v) is 7.46. The van der Waals surface area contributed by atoms with E-state index in [2.05, 4.69) is 34.3 Å². The Balaban J connectivity index is 1.55. The van der Waals surface area contributed by atoms with Crippen LogP contribution in [0.5, 0.6) is 0 Å². The van der Waals surface area contributed by atoms with Gasteiger partial charge in [0.15, 0.2) is 6.23 Å². The van der Waals surface area contributed by atoms with E-state index in [0.29, 0.717) is 13.2 Å². The van der Waals surface area contributed by atoms with E-state index < -0.39 is 0 Å². The number of aryl methyl sites for hydroxylation is 2. The number of morpholine rings is 1. The van der Waals surface area contributed by atoms with E-state index in [9.17, 15) is 0 Å². The van der Waals surface area contributed by atoms with Crippen molar-refractivity contribution >= 4 is 27.6 Å². The van der Waals surface area contributed by atoms with Crippen LogP contribution in [0.15, 0.2) is 18.3 Å². The predicted molar refractivity (Wildman–Crippen MR) is 130 cm³/mol. The molecule has 0 aliphatic carbocycles. The molecule has 0 N–H and O–H groups in total. The number of pyridine rings is 1. The summed E-state index contributed by atoms with van der Waals surface area (Å²) >= 11 is 1.46. The van der Waals surface area contributed by atoms with Gasteiger partial charge in [-0.3, -0.25) is 0 Å². The molecule has 2 fully saturated rings. The van der Waals surface area contributed by atoms with Gasteiger partial charge in [-0.05, 0) is 56.8 Å². The zero-order valence-corrected chi connectivity index (χ0v) is 20.5. The summed E-state index contributed by atoms with van der Waals surface area (Å²) in [5.74, 6) is 0.914. The molecule has 0 spiro atoms. The van der Waals surface area contributed by atoms with Crippen LogP contribution in [-0.2, 0) is 16.5 Å². The monoisotopic (exact) mass is 480 g/mol. The van der Waals surface area contributed by atoms with Gasteiger partial charge in [0.05, 0.1) is 47.2 Å². The normalized spacial score (nSPS) is 21.4. The van der Waals surface area contributed by atoms with Crippen LogP contribution in [0.2, 0.25) is 0 Å². The van der Waals surface area contributed by atoms with Crippen molar-refractivity contribution < 1.29 is 9.47 Å². The second-order valence-electron chi connectivity index (χ2n) is 9.03. The molecule has 11 heteroatoms. The lowest BCUT2D eigenvalue weighted by atomic mass is 10.1. The summed E-state index contributed by atoms with van der Waals surface area (Å²) in [5, 5.41) is 13.1. The molecule has 2 aliphatic heterocycles. The van der Waals surface area contributed by atoms with E-state index in [-0.39, 0.29) is 12.3 Å². The van der Waals surface area contributed by atoms with Crippen molar-refractivity contribution in [2.75, 3.05) is 31.3 Å². The van der Waals surface area contributed by atoms with Crippen molar-refractivity contribution in [3.63, 3.8) is 0 Å². The average Bonchev–Trinajstić information content (AvgIpc) is 3.57. The van der Waals surface area contributed by atoms with Crippen molar-refractivity contribution in [3.8, 4) is 22.6 Å². The molecular weight excluding hydrogens is 452 g/mol. The van der Waals surface area contributed by atoms with E-state index in [4.69, 9.17) is 23.9 Å². The minimum absolute atomic E-state index is 0.0719. The van der Waals surface area contributed by atoms with Gasteiger partial charge in [-0.25, -0.2) is 14.3 Å². The van der Waals surface area contributed by atoms with Crippen LogP contribution in [0.25, 0.3) is 32.9 Å². The summed E-state index contributed by atoms with van der Waals surface area (Å²) in [5.41, 5.74) is 5.57. The summed E-state index contributed by atoms with van der Waals surface area (Å²) in [7, 11) is 1.91. The number of nitrogens with zero attached hydrogens (tertiary/aromatic N) is 8. The number of ether oxygens (including phenoxy) is 2. The van der Waals surface area contributed by atoms with Gasteiger partial charge in [0.25, 0.3) is 0 Å². The molecule has 4 aromatic rings. The number of anilines is 1. The summed E-state index contributed by atoms with van der Waals surface area (Å²) in [6.07, 6.45) is 4.90. The molecule has 0 aromatic carbocycles. The SMILES string of the molecule is Cc1cc(-c2nsc3c(-c4cnnn4C)cc(N4CCOC[C@H]4C)nc23)n(C2CCCCO2)n1. The molecule has 4 aromatic heterocycles. The highest BCUT2D eigenvalue weighted by Crippen LogP contribution is 2.40. The zero-order valence-electron chi connectivity index (χ0n) is 19.6. The lowest BCUT2D eigenvalue weighted by Crippen LogP contribution is -2.44. The number of fused-ring (bicyclic) bond motifs is 1. The lowest BCUT2D eigenvalue weighted by molar-refractivity contribution is -0.0385. The number of rotatable bonds is 4. The minimum atomic E-state index is -0.0719. The second kappa shape index (κ2) is 8.71. The fourth-order valence-corrected chi connectivity index (χ4v) is 5.70. The first-order chi connectivity index (χ1) is 16.6. The predicted octanol–water partition coefficient (Wildman–Crippen LogP) is 3.58. The molecule has 0 amide bonds. The molecule has 1 unspecified atom stereocenters. The van der Waals surface area contributed by atoms with Crippen LogP contribution in [0.3, 0.4) is 0 Å². The molecule has 0 bridgehead atoms. The number of aromatic nitrogens is 7. The molecule has 2 aliphatic rings. The van der Waals surface area contributed by atoms with Crippen molar-refractivity contribution in [2.45, 2.75) is 45.4 Å². The van der Waals surface area contributed by atoms with Crippen LogP contribution < -0.4 is 4.90 Å². The Kier molecular flexibility index (Phi) is 5.54. The maximum Gasteiger partial charge on any atom is 0.150 e. The Hall–Kier alpha value is -2.89. The fraction of sp³-hybridized carbons (Fsp3) is 0.522. The average molecular weight is 481 g/mol. The van der Waals surface area contributed by atoms with E-state index in [1.165, 1.54) is 11.5 Å². The Labute approximate surface area is 201 Å². The Morgan fingerprint density at radius 1 is 1.15 bits per heavy atom. The van der Waals surface area contributed by atoms with E-state index >= 15 is 0 Å². The quantitative estimate of drug-likeness (QED) is 0.437. The van der Waals surface area contributed by atoms with Gasteiger partial charge in [0, 0.05) is 25.8 Å². The molecule has 34 heavy (non-hydrogen) atoms. The third-order valence-electron chi connectivity index (χ3n) is 6.59. The molecule has 10 nitrogen and oxygen atoms in total. The highest BCUT2D eigenvalue weighted by Gasteiger charge is 2.27. The van der Waals surface area contributed by atoms with Crippen molar-refractivity contribution in [1.82, 2.24) is 34.1 Å². The fourth-order valence-electron chi connectivity index (χ4n) is 4.84. The van der Waals surface area contributed by atoms with Gasteiger partial charge in [-0.1, -0.05) is 5.21 Å². The summed E-state index contributed by atoms with van der Waals surface area (Å²) < 4.78 is 21.5. The van der Waals surface area contributed by atoms with Crippen LogP contribution in [0.1, 0.15) is 38.1 Å². The molecule has 6 heterocycles. The van der Waals surface area contributed by atoms with E-state index in [1.807, 2.05) is 18.7 Å². The Morgan fingerprint density at radius 3 is 2.82 bits per heavy atom. The van der Waals surface area contributed by atoms with Crippen LogP contribution >= 0.6 is 11.5 Å². The van der Waals surface area contributed by atoms with Gasteiger partial charge < -0.3 is 14.4 Å². The lowest BCUT2D eigenvalue weighted by Gasteiger charge is -2.34. The van der Waals surface area contributed by atoms with Crippen LogP contribution in [0, 0.1) is 6.92 Å². The highest BCUT2D eigenvalue weighted by molar-refractivity contribution is 7.14. The van der Waals surface area contributed by atoms with Gasteiger partial charge in [-0.2, -0.15) is 9.47 Å². The number of hydrogen-bond donors (Lipinski definition) is 0. The van der Waals surface area contributed by atoms with Crippen molar-refractivity contribution in [2.24, 2.45) is 7.05 Å². The van der Waals surface area contributed by atoms with Crippen molar-refractivity contribution in [1.29, 1.82) is 0 Å². The first kappa shape index (κ1) is 21.6. The zero-order chi connectivity index (χ0) is 23.2. The summed E-state index contributed by atoms with van der Waals surface area (Å²) in [6, 6.07) is 4.45. The van der Waals surface area contributed by atoms with Crippen LogP contribution in [-0.4, -0.2) is 66.5 Å². The molecule has 6 rings (SSSR count). The van der Waals surface area contributed by atoms with Gasteiger partial charge in [0.1, 0.15) is 17.0 Å². The molecular formula is C23H28N8O2S. The number of hydrogen-bond acceptors (Lipinski definition) is 9. The molecule has 178 valence electrons. The molecule has 2 atom stereocenters. The maximum absolute atomic E-state index is 6.07. The van der Waals surface area contributed by atoms with Crippen LogP contribution in [0.4, 0.5) is 5.82 Å². The topological polar surface area (TPSA) is 96.0 Å². The van der Waals surface area contributed by atoms with Crippen molar-refractivity contribution in [3.05, 3.63) is 24.0 Å². The Bertz CT molecular complexity index is 1320. The second-order valence-corrected chi connectivity index (χ2v) is 9.81. The van der Waals surface area contributed by atoms with Gasteiger partial charge >= 0.3 is 0 Å². The largest absolute Gasteiger partial charge is 0.377 e. The molecule has 0 radical (unpaired) electrons. The van der Waals surface area contributed by atoms with Gasteiger partial charge in [-0.15, -0.1) is 5.10 Å². The Morgan fingerprint density at radius 2 is 2.06 bits per heavy atom.